The van der Waals surface area contributed by atoms with Crippen molar-refractivity contribution in [1.29, 1.82) is 0 Å². The zero-order chi connectivity index (χ0) is 68.3. The number of nitrogens with zero attached hydrogens (tertiary/aromatic N) is 1. The van der Waals surface area contributed by atoms with E-state index in [9.17, 15) is 19.0 Å². The molecule has 0 saturated heterocycles. The molecule has 0 radical (unpaired) electrons. The van der Waals surface area contributed by atoms with Crippen LogP contribution in [0.2, 0.25) is 0 Å². The molecule has 0 aromatic carbocycles. The Labute approximate surface area is 583 Å². The number of likely N-dealkylation sites (N-methyl/N-ethyl adjacent to an activating group) is 1. The molecule has 0 fully saturated rings. The molecule has 0 aliphatic rings. The summed E-state index contributed by atoms with van der Waals surface area (Å²) < 4.78 is 34.3. The second-order valence-electron chi connectivity index (χ2n) is 28.1. The maximum Gasteiger partial charge on any atom is 0.306 e. The van der Waals surface area contributed by atoms with Crippen molar-refractivity contribution in [3.63, 3.8) is 0 Å². The number of phosphoric ester groups is 1. The minimum Gasteiger partial charge on any atom is -0.756 e. The van der Waals surface area contributed by atoms with Crippen LogP contribution in [0.5, 0.6) is 0 Å². The van der Waals surface area contributed by atoms with Crippen molar-refractivity contribution in [2.45, 2.75) is 380 Å². The Morgan fingerprint density at radius 3 is 0.904 bits per heavy atom. The highest BCUT2D eigenvalue weighted by Crippen LogP contribution is 2.38. The summed E-state index contributed by atoms with van der Waals surface area (Å²) in [5.41, 5.74) is 0. The summed E-state index contributed by atoms with van der Waals surface area (Å²) in [5, 5.41) is 0. The molecule has 0 aliphatic heterocycles. The Kier molecular flexibility index (Phi) is 71.7. The maximum absolute atomic E-state index is 12.9. The van der Waals surface area contributed by atoms with E-state index in [1.165, 1.54) is 244 Å². The predicted octanol–water partition coefficient (Wildman–Crippen LogP) is 26.0. The average Bonchev–Trinajstić information content (AvgIpc) is 1.65. The highest BCUT2D eigenvalue weighted by molar-refractivity contribution is 7.45. The van der Waals surface area contributed by atoms with Gasteiger partial charge in [0.1, 0.15) is 19.8 Å². The smallest absolute Gasteiger partial charge is 0.306 e. The largest absolute Gasteiger partial charge is 0.756 e. The van der Waals surface area contributed by atoms with Crippen LogP contribution in [-0.2, 0) is 32.7 Å². The molecule has 2 atom stereocenters. The number of hydrogen-bond donors (Lipinski definition) is 0. The summed E-state index contributed by atoms with van der Waals surface area (Å²) in [5.74, 6) is -0.854. The molecule has 0 spiro atoms. The van der Waals surface area contributed by atoms with Crippen molar-refractivity contribution < 1.29 is 42.1 Å². The topological polar surface area (TPSA) is 111 Å². The van der Waals surface area contributed by atoms with Gasteiger partial charge in [-0.15, -0.1) is 0 Å². The van der Waals surface area contributed by atoms with Crippen molar-refractivity contribution in [2.24, 2.45) is 0 Å². The number of hydrogen-bond acceptors (Lipinski definition) is 8. The van der Waals surface area contributed by atoms with Gasteiger partial charge in [0, 0.05) is 12.8 Å². The van der Waals surface area contributed by atoms with Crippen LogP contribution >= 0.6 is 7.82 Å². The highest BCUT2D eigenvalue weighted by atomic mass is 31.2. The molecule has 0 N–H and O–H groups in total. The van der Waals surface area contributed by atoms with E-state index in [-0.39, 0.29) is 32.0 Å². The minimum atomic E-state index is -4.66. The predicted molar refractivity (Wildman–Crippen MR) is 406 cm³/mol. The standard InChI is InChI=1S/C84H152NO8P/c1-6-8-10-12-14-16-18-20-22-24-26-28-30-32-34-36-37-38-39-40-41-42-43-44-45-46-47-49-50-52-54-56-58-60-62-64-66-68-70-72-74-76-83(86)90-80-82(81-92-94(88,89)91-79-78-85(3,4)5)93-84(87)77-75-73-71-69-67-65-63-61-59-57-55-53-51-48-35-33-31-29-27-25-23-21-19-17-15-13-11-9-7-2/h9,11,15,17,21,23,27,29,33,35,51,53,57,59,63,65,82H,6-8,10,12-14,16,18-20,22,24-26,28,30-32,34,36-50,52,54-56,58,60-62,64,66-81H2,1-5H3/b11-9-,17-15-,23-21-,29-27-,35-33-,53-51-,59-57-,65-63-. The lowest BCUT2D eigenvalue weighted by Crippen LogP contribution is -2.37. The minimum absolute atomic E-state index is 0.0396. The number of allylic oxidation sites excluding steroid dienone is 16. The molecule has 0 amide bonds. The number of phosphoric acid groups is 1. The monoisotopic (exact) mass is 1330 g/mol. The van der Waals surface area contributed by atoms with Crippen LogP contribution in [0.1, 0.15) is 373 Å². The molecule has 94 heavy (non-hydrogen) atoms. The van der Waals surface area contributed by atoms with E-state index in [0.29, 0.717) is 17.4 Å². The molecule has 0 bridgehead atoms. The van der Waals surface area contributed by atoms with E-state index in [1.807, 2.05) is 21.1 Å². The van der Waals surface area contributed by atoms with Gasteiger partial charge < -0.3 is 27.9 Å². The first-order valence-electron chi connectivity index (χ1n) is 39.9. The maximum atomic E-state index is 12.9. The number of rotatable bonds is 74. The fraction of sp³-hybridized carbons (Fsp3) is 0.786. The zero-order valence-corrected chi connectivity index (χ0v) is 63.3. The molecule has 546 valence electrons. The van der Waals surface area contributed by atoms with Gasteiger partial charge in [-0.3, -0.25) is 14.2 Å². The van der Waals surface area contributed by atoms with Gasteiger partial charge in [-0.2, -0.15) is 0 Å². The first-order valence-corrected chi connectivity index (χ1v) is 41.4. The summed E-state index contributed by atoms with van der Waals surface area (Å²) >= 11 is 0. The Morgan fingerprint density at radius 1 is 0.340 bits per heavy atom. The molecule has 10 heteroatoms. The summed E-state index contributed by atoms with van der Waals surface area (Å²) in [7, 11) is 1.15. The van der Waals surface area contributed by atoms with Crippen LogP contribution in [0, 0.1) is 0 Å². The molecular weight excluding hydrogens is 1180 g/mol. The fourth-order valence-electron chi connectivity index (χ4n) is 11.6. The van der Waals surface area contributed by atoms with Crippen LogP contribution in [0.4, 0.5) is 0 Å². The number of quaternary nitrogens is 1. The van der Waals surface area contributed by atoms with Gasteiger partial charge in [0.05, 0.1) is 27.7 Å². The normalized spacial score (nSPS) is 13.6. The highest BCUT2D eigenvalue weighted by Gasteiger charge is 2.22. The van der Waals surface area contributed by atoms with E-state index in [0.717, 1.165) is 96.3 Å². The quantitative estimate of drug-likeness (QED) is 0.0195. The number of carbonyl (C=O) groups excluding carboxylic acids is 2. The van der Waals surface area contributed by atoms with Gasteiger partial charge in [-0.1, -0.05) is 381 Å². The molecule has 0 aliphatic carbocycles. The summed E-state index contributed by atoms with van der Waals surface area (Å²) in [6.45, 7) is 4.14. The third kappa shape index (κ3) is 77.9. The Bertz CT molecular complexity index is 1910. The molecule has 0 saturated carbocycles. The molecule has 2 unspecified atom stereocenters. The second kappa shape index (κ2) is 74.2. The summed E-state index contributed by atoms with van der Waals surface area (Å²) in [6, 6.07) is 0. The van der Waals surface area contributed by atoms with Gasteiger partial charge in [-0.05, 0) is 77.0 Å². The van der Waals surface area contributed by atoms with E-state index < -0.39 is 26.5 Å². The number of esters is 2. The molecular formula is C84H152NO8P. The molecule has 0 aromatic heterocycles. The number of ether oxygens (including phenoxy) is 2. The molecule has 9 nitrogen and oxygen atoms in total. The van der Waals surface area contributed by atoms with Gasteiger partial charge in [0.2, 0.25) is 0 Å². The third-order valence-electron chi connectivity index (χ3n) is 17.6. The average molecular weight is 1340 g/mol. The lowest BCUT2D eigenvalue weighted by atomic mass is 10.0. The first-order chi connectivity index (χ1) is 46.0. The second-order valence-corrected chi connectivity index (χ2v) is 29.5. The zero-order valence-electron chi connectivity index (χ0n) is 62.4. The van der Waals surface area contributed by atoms with Crippen molar-refractivity contribution >= 4 is 19.8 Å². The Morgan fingerprint density at radius 2 is 0.606 bits per heavy atom. The van der Waals surface area contributed by atoms with Crippen molar-refractivity contribution in [3.05, 3.63) is 97.2 Å². The van der Waals surface area contributed by atoms with Gasteiger partial charge in [0.25, 0.3) is 7.82 Å². The van der Waals surface area contributed by atoms with Crippen molar-refractivity contribution in [3.8, 4) is 0 Å². The van der Waals surface area contributed by atoms with Gasteiger partial charge in [-0.25, -0.2) is 0 Å². The first kappa shape index (κ1) is 90.9. The lowest BCUT2D eigenvalue weighted by molar-refractivity contribution is -0.870. The van der Waals surface area contributed by atoms with E-state index in [2.05, 4.69) is 111 Å². The van der Waals surface area contributed by atoms with Crippen molar-refractivity contribution in [2.75, 3.05) is 47.5 Å². The van der Waals surface area contributed by atoms with Crippen LogP contribution in [0.15, 0.2) is 97.2 Å². The molecule has 0 heterocycles. The summed E-state index contributed by atoms with van der Waals surface area (Å²) in [4.78, 5) is 38.1. The number of unbranched alkanes of at least 4 members (excludes halogenated alkanes) is 44. The number of carbonyl (C=O) groups is 2. The third-order valence-corrected chi connectivity index (χ3v) is 18.6. The van der Waals surface area contributed by atoms with Crippen molar-refractivity contribution in [1.82, 2.24) is 0 Å². The van der Waals surface area contributed by atoms with Crippen LogP contribution < -0.4 is 4.89 Å². The fourth-order valence-corrected chi connectivity index (χ4v) is 12.3. The summed E-state index contributed by atoms with van der Waals surface area (Å²) in [6.07, 6.45) is 104. The lowest BCUT2D eigenvalue weighted by Gasteiger charge is -2.28. The van der Waals surface area contributed by atoms with Gasteiger partial charge >= 0.3 is 11.9 Å². The van der Waals surface area contributed by atoms with E-state index >= 15 is 0 Å². The SMILES string of the molecule is CC/C=C\C/C=C\C/C=C\C/C=C\C/C=C\C/C=C\C/C=C\C/C=C\CCCCCCC(=O)OC(COC(=O)CCCCCCCCCCCCCCCCCCCCCCCCCCCCCCCCCCCCCCCCCCC)COP(=O)([O-])OCC[N+](C)(C)C. The molecule has 0 rings (SSSR count). The van der Waals surface area contributed by atoms with Crippen LogP contribution in [-0.4, -0.2) is 70.0 Å². The Hall–Kier alpha value is -3.07. The van der Waals surface area contributed by atoms with Crippen LogP contribution in [0.25, 0.3) is 0 Å². The molecule has 0 aromatic rings. The van der Waals surface area contributed by atoms with E-state index in [4.69, 9.17) is 18.5 Å². The van der Waals surface area contributed by atoms with Crippen LogP contribution in [0.3, 0.4) is 0 Å². The Balaban J connectivity index is 3.95. The van der Waals surface area contributed by atoms with E-state index in [1.54, 1.807) is 0 Å². The van der Waals surface area contributed by atoms with Gasteiger partial charge in [0.15, 0.2) is 6.10 Å².